The third-order valence-corrected chi connectivity index (χ3v) is 6.25. The molecule has 6 nitrogen and oxygen atoms in total. The fourth-order valence-electron chi connectivity index (χ4n) is 3.72. The van der Waals surface area contributed by atoms with E-state index < -0.39 is 15.3 Å². The maximum Gasteiger partial charge on any atom is 0.253 e. The van der Waals surface area contributed by atoms with Gasteiger partial charge in [0.15, 0.2) is 9.84 Å². The summed E-state index contributed by atoms with van der Waals surface area (Å²) >= 11 is 0. The molecule has 7 heteroatoms. The van der Waals surface area contributed by atoms with Gasteiger partial charge in [0.2, 0.25) is 5.91 Å². The van der Waals surface area contributed by atoms with E-state index in [0.29, 0.717) is 25.1 Å². The highest BCUT2D eigenvalue weighted by atomic mass is 32.2. The first-order valence-corrected chi connectivity index (χ1v) is 9.97. The predicted octanol–water partition coefficient (Wildman–Crippen LogP) is 1.17. The number of likely N-dealkylation sites (tertiary alicyclic amines) is 2. The molecule has 1 atom stereocenters. The summed E-state index contributed by atoms with van der Waals surface area (Å²) in [7, 11) is -1.46. The number of amides is 2. The van der Waals surface area contributed by atoms with Crippen LogP contribution in [0.5, 0.6) is 0 Å². The number of hydrogen-bond donors (Lipinski definition) is 0. The number of nitrogens with zero attached hydrogens (tertiary/aromatic N) is 2. The third kappa shape index (κ3) is 2.92. The second-order valence-corrected chi connectivity index (χ2v) is 8.90. The van der Waals surface area contributed by atoms with Crippen LogP contribution in [0, 0.1) is 5.41 Å². The average Bonchev–Trinajstić information content (AvgIpc) is 2.96. The van der Waals surface area contributed by atoms with Gasteiger partial charge in [-0.25, -0.2) is 8.42 Å². The first-order valence-electron chi connectivity index (χ1n) is 8.08. The maximum atomic E-state index is 12.7. The zero-order valence-corrected chi connectivity index (χ0v) is 14.8. The van der Waals surface area contributed by atoms with Gasteiger partial charge < -0.3 is 9.80 Å². The topological polar surface area (TPSA) is 74.8 Å². The Morgan fingerprint density at radius 2 is 1.79 bits per heavy atom. The average molecular weight is 350 g/mol. The van der Waals surface area contributed by atoms with E-state index in [1.54, 1.807) is 21.9 Å². The lowest BCUT2D eigenvalue weighted by Gasteiger charge is -2.37. The molecule has 24 heavy (non-hydrogen) atoms. The van der Waals surface area contributed by atoms with Gasteiger partial charge in [-0.3, -0.25) is 9.59 Å². The summed E-state index contributed by atoms with van der Waals surface area (Å²) in [5, 5.41) is 0. The second kappa shape index (κ2) is 5.88. The van der Waals surface area contributed by atoms with Crippen LogP contribution in [0.4, 0.5) is 0 Å². The molecule has 1 aromatic carbocycles. The minimum Gasteiger partial charge on any atom is -0.345 e. The highest BCUT2D eigenvalue weighted by molar-refractivity contribution is 7.90. The summed E-state index contributed by atoms with van der Waals surface area (Å²) in [5.74, 6) is -0.00979. The van der Waals surface area contributed by atoms with Crippen LogP contribution < -0.4 is 0 Å². The standard InChI is InChI=1S/C17H22N2O4S/c1-18-10-3-8-17(16(18)21)9-11-19(12-17)15(20)13-4-6-14(7-5-13)24(2,22)23/h4-7H,3,8-12H2,1-2H3/t17-/m1/s1. The molecule has 0 bridgehead atoms. The largest absolute Gasteiger partial charge is 0.345 e. The molecule has 2 aliphatic rings. The zero-order chi connectivity index (χ0) is 17.5. The lowest BCUT2D eigenvalue weighted by atomic mass is 9.78. The number of rotatable bonds is 2. The van der Waals surface area contributed by atoms with Crippen molar-refractivity contribution >= 4 is 21.7 Å². The monoisotopic (exact) mass is 350 g/mol. The molecule has 2 amide bonds. The van der Waals surface area contributed by atoms with Gasteiger partial charge in [0, 0.05) is 38.5 Å². The van der Waals surface area contributed by atoms with Gasteiger partial charge in [-0.2, -0.15) is 0 Å². The summed E-state index contributed by atoms with van der Waals surface area (Å²) < 4.78 is 23.0. The van der Waals surface area contributed by atoms with E-state index in [4.69, 9.17) is 0 Å². The number of benzene rings is 1. The molecule has 2 heterocycles. The Balaban J connectivity index is 1.76. The Morgan fingerprint density at radius 3 is 2.42 bits per heavy atom. The molecule has 0 aliphatic carbocycles. The molecule has 1 spiro atoms. The van der Waals surface area contributed by atoms with Crippen molar-refractivity contribution in [2.75, 3.05) is 32.9 Å². The van der Waals surface area contributed by atoms with Crippen LogP contribution in [0.2, 0.25) is 0 Å². The van der Waals surface area contributed by atoms with Gasteiger partial charge in [0.05, 0.1) is 10.3 Å². The lowest BCUT2D eigenvalue weighted by Crippen LogP contribution is -2.48. The van der Waals surface area contributed by atoms with E-state index in [9.17, 15) is 18.0 Å². The Morgan fingerprint density at radius 1 is 1.12 bits per heavy atom. The van der Waals surface area contributed by atoms with E-state index in [1.165, 1.54) is 12.1 Å². The SMILES string of the molecule is CN1CCC[C@]2(CCN(C(=O)c3ccc(S(C)(=O)=O)cc3)C2)C1=O. The van der Waals surface area contributed by atoms with Crippen LogP contribution in [0.15, 0.2) is 29.2 Å². The Bertz CT molecular complexity index is 772. The number of piperidine rings is 1. The quantitative estimate of drug-likeness (QED) is 0.803. The molecule has 1 aromatic rings. The number of sulfone groups is 1. The van der Waals surface area contributed by atoms with Crippen LogP contribution in [0.3, 0.4) is 0 Å². The number of carbonyl (C=O) groups is 2. The Labute approximate surface area is 142 Å². The van der Waals surface area contributed by atoms with Gasteiger partial charge in [0.25, 0.3) is 5.91 Å². The summed E-state index contributed by atoms with van der Waals surface area (Å²) in [6.45, 7) is 1.79. The van der Waals surface area contributed by atoms with Gasteiger partial charge >= 0.3 is 0 Å². The maximum absolute atomic E-state index is 12.7. The molecular weight excluding hydrogens is 328 g/mol. The van der Waals surface area contributed by atoms with Crippen LogP contribution in [0.25, 0.3) is 0 Å². The summed E-state index contributed by atoms with van der Waals surface area (Å²) in [6, 6.07) is 5.99. The van der Waals surface area contributed by atoms with E-state index in [0.717, 1.165) is 25.6 Å². The fraction of sp³-hybridized carbons (Fsp3) is 0.529. The molecule has 2 saturated heterocycles. The van der Waals surface area contributed by atoms with Crippen molar-refractivity contribution in [1.82, 2.24) is 9.80 Å². The van der Waals surface area contributed by atoms with Crippen molar-refractivity contribution in [3.05, 3.63) is 29.8 Å². The second-order valence-electron chi connectivity index (χ2n) is 6.88. The summed E-state index contributed by atoms with van der Waals surface area (Å²) in [6.07, 6.45) is 3.63. The predicted molar refractivity (Wildman–Crippen MR) is 89.4 cm³/mol. The minimum absolute atomic E-state index is 0.136. The molecule has 0 unspecified atom stereocenters. The van der Waals surface area contributed by atoms with Gasteiger partial charge in [0.1, 0.15) is 0 Å². The van der Waals surface area contributed by atoms with E-state index in [2.05, 4.69) is 0 Å². The van der Waals surface area contributed by atoms with Crippen molar-refractivity contribution in [2.45, 2.75) is 24.2 Å². The summed E-state index contributed by atoms with van der Waals surface area (Å²) in [4.78, 5) is 28.9. The Hall–Kier alpha value is -1.89. The Kier molecular flexibility index (Phi) is 4.15. The molecule has 0 aromatic heterocycles. The van der Waals surface area contributed by atoms with Crippen molar-refractivity contribution in [3.63, 3.8) is 0 Å². The molecule has 130 valence electrons. The molecule has 0 saturated carbocycles. The first kappa shape index (κ1) is 17.0. The highest BCUT2D eigenvalue weighted by Gasteiger charge is 2.48. The van der Waals surface area contributed by atoms with Crippen LogP contribution in [-0.2, 0) is 14.6 Å². The third-order valence-electron chi connectivity index (χ3n) is 5.12. The first-order chi connectivity index (χ1) is 11.2. The van der Waals surface area contributed by atoms with Gasteiger partial charge in [-0.05, 0) is 43.5 Å². The molecule has 2 fully saturated rings. The van der Waals surface area contributed by atoms with Gasteiger partial charge in [-0.1, -0.05) is 0 Å². The van der Waals surface area contributed by atoms with Gasteiger partial charge in [-0.15, -0.1) is 0 Å². The molecule has 0 N–H and O–H groups in total. The van der Waals surface area contributed by atoms with Crippen molar-refractivity contribution in [3.8, 4) is 0 Å². The van der Waals surface area contributed by atoms with Crippen LogP contribution >= 0.6 is 0 Å². The highest BCUT2D eigenvalue weighted by Crippen LogP contribution is 2.40. The van der Waals surface area contributed by atoms with E-state index in [1.807, 2.05) is 7.05 Å². The lowest BCUT2D eigenvalue weighted by molar-refractivity contribution is -0.143. The van der Waals surface area contributed by atoms with E-state index >= 15 is 0 Å². The normalized spacial score (nSPS) is 24.7. The molecule has 3 rings (SSSR count). The molecule has 0 radical (unpaired) electrons. The zero-order valence-electron chi connectivity index (χ0n) is 14.0. The van der Waals surface area contributed by atoms with Crippen LogP contribution in [-0.4, -0.2) is 63.0 Å². The number of carbonyl (C=O) groups excluding carboxylic acids is 2. The molecule has 2 aliphatic heterocycles. The van der Waals surface area contributed by atoms with Crippen molar-refractivity contribution < 1.29 is 18.0 Å². The minimum atomic E-state index is -3.28. The fourth-order valence-corrected chi connectivity index (χ4v) is 4.35. The number of hydrogen-bond acceptors (Lipinski definition) is 4. The van der Waals surface area contributed by atoms with Crippen LogP contribution in [0.1, 0.15) is 29.6 Å². The summed E-state index contributed by atoms with van der Waals surface area (Å²) in [5.41, 5.74) is 0.0195. The smallest absolute Gasteiger partial charge is 0.253 e. The van der Waals surface area contributed by atoms with Crippen molar-refractivity contribution in [1.29, 1.82) is 0 Å². The van der Waals surface area contributed by atoms with E-state index in [-0.39, 0.29) is 16.7 Å². The van der Waals surface area contributed by atoms with Crippen molar-refractivity contribution in [2.24, 2.45) is 5.41 Å². The molecular formula is C17H22N2O4S.